The van der Waals surface area contributed by atoms with Crippen molar-refractivity contribution in [2.75, 3.05) is 0 Å². The molecule has 21 heavy (non-hydrogen) atoms. The molecular formula is C18H23NO2. The highest BCUT2D eigenvalue weighted by molar-refractivity contribution is 5.40. The van der Waals surface area contributed by atoms with Gasteiger partial charge in [0.15, 0.2) is 0 Å². The smallest absolute Gasteiger partial charge is 0.138 e. The lowest BCUT2D eigenvalue weighted by atomic mass is 9.87. The molecule has 0 saturated heterocycles. The molecule has 0 aliphatic carbocycles. The molecule has 1 atom stereocenters. The minimum Gasteiger partial charge on any atom is -0.489 e. The minimum absolute atomic E-state index is 0.0770. The van der Waals surface area contributed by atoms with Gasteiger partial charge in [-0.1, -0.05) is 29.3 Å². The third kappa shape index (κ3) is 3.61. The first kappa shape index (κ1) is 15.5. The van der Waals surface area contributed by atoms with E-state index in [1.165, 1.54) is 0 Å². The molecule has 0 amide bonds. The van der Waals surface area contributed by atoms with E-state index in [0.717, 1.165) is 22.3 Å². The molecular weight excluding hydrogens is 262 g/mol. The largest absolute Gasteiger partial charge is 0.489 e. The van der Waals surface area contributed by atoms with Crippen molar-refractivity contribution in [3.63, 3.8) is 0 Å². The summed E-state index contributed by atoms with van der Waals surface area (Å²) >= 11 is 0. The SMILES string of the molecule is Cc1cc(C)cc(C(C)(O)c2cncc(OC(C)C)c2)c1. The first-order valence-corrected chi connectivity index (χ1v) is 7.22. The summed E-state index contributed by atoms with van der Waals surface area (Å²) in [5.41, 5.74) is 2.76. The quantitative estimate of drug-likeness (QED) is 0.930. The zero-order chi connectivity index (χ0) is 15.6. The second-order valence-electron chi connectivity index (χ2n) is 6.02. The van der Waals surface area contributed by atoms with Gasteiger partial charge in [0, 0.05) is 11.8 Å². The third-order valence-electron chi connectivity index (χ3n) is 3.43. The summed E-state index contributed by atoms with van der Waals surface area (Å²) in [5.74, 6) is 0.673. The number of pyridine rings is 1. The lowest BCUT2D eigenvalue weighted by Gasteiger charge is -2.25. The maximum Gasteiger partial charge on any atom is 0.138 e. The number of aryl methyl sites for hydroxylation is 2. The normalized spacial score (nSPS) is 14.0. The second-order valence-corrected chi connectivity index (χ2v) is 6.02. The highest BCUT2D eigenvalue weighted by Crippen LogP contribution is 2.31. The monoisotopic (exact) mass is 285 g/mol. The van der Waals surface area contributed by atoms with Crippen LogP contribution in [-0.2, 0) is 5.60 Å². The fourth-order valence-corrected chi connectivity index (χ4v) is 2.44. The molecule has 1 N–H and O–H groups in total. The van der Waals surface area contributed by atoms with Crippen LogP contribution in [0.2, 0.25) is 0 Å². The Morgan fingerprint density at radius 1 is 1.00 bits per heavy atom. The van der Waals surface area contributed by atoms with Crippen LogP contribution in [0.3, 0.4) is 0 Å². The molecule has 3 nitrogen and oxygen atoms in total. The highest BCUT2D eigenvalue weighted by Gasteiger charge is 2.27. The molecule has 3 heteroatoms. The number of nitrogens with zero attached hydrogens (tertiary/aromatic N) is 1. The number of aromatic nitrogens is 1. The summed E-state index contributed by atoms with van der Waals surface area (Å²) in [7, 11) is 0. The van der Waals surface area contributed by atoms with Gasteiger partial charge in [0.05, 0.1) is 12.3 Å². The van der Waals surface area contributed by atoms with E-state index in [2.05, 4.69) is 11.1 Å². The molecule has 0 saturated carbocycles. The van der Waals surface area contributed by atoms with E-state index in [0.29, 0.717) is 5.75 Å². The number of hydrogen-bond acceptors (Lipinski definition) is 3. The van der Waals surface area contributed by atoms with Crippen LogP contribution in [0.15, 0.2) is 36.7 Å². The van der Waals surface area contributed by atoms with Gasteiger partial charge in [-0.2, -0.15) is 0 Å². The van der Waals surface area contributed by atoms with E-state index >= 15 is 0 Å². The molecule has 2 aromatic rings. The average molecular weight is 285 g/mol. The predicted molar refractivity (Wildman–Crippen MR) is 84.6 cm³/mol. The third-order valence-corrected chi connectivity index (χ3v) is 3.43. The number of hydrogen-bond donors (Lipinski definition) is 1. The summed E-state index contributed by atoms with van der Waals surface area (Å²) in [4.78, 5) is 4.19. The Balaban J connectivity index is 2.43. The van der Waals surface area contributed by atoms with Crippen molar-refractivity contribution < 1.29 is 9.84 Å². The molecule has 1 heterocycles. The van der Waals surface area contributed by atoms with E-state index < -0.39 is 5.60 Å². The van der Waals surface area contributed by atoms with E-state index in [1.54, 1.807) is 19.3 Å². The first-order valence-electron chi connectivity index (χ1n) is 7.22. The fourth-order valence-electron chi connectivity index (χ4n) is 2.44. The zero-order valence-corrected chi connectivity index (χ0v) is 13.3. The molecule has 2 rings (SSSR count). The van der Waals surface area contributed by atoms with Crippen LogP contribution >= 0.6 is 0 Å². The standard InChI is InChI=1S/C18H23NO2/c1-12(2)21-17-9-16(10-19-11-17)18(5,20)15-7-13(3)6-14(4)8-15/h6-12,20H,1-5H3. The van der Waals surface area contributed by atoms with Crippen LogP contribution in [0.5, 0.6) is 5.75 Å². The molecule has 0 aliphatic heterocycles. The molecule has 0 radical (unpaired) electrons. The van der Waals surface area contributed by atoms with Gasteiger partial charge in [-0.05, 0) is 46.2 Å². The summed E-state index contributed by atoms with van der Waals surface area (Å²) < 4.78 is 5.66. The molecule has 1 unspecified atom stereocenters. The maximum absolute atomic E-state index is 11.0. The second kappa shape index (κ2) is 5.86. The molecule has 0 fully saturated rings. The van der Waals surface area contributed by atoms with Gasteiger partial charge >= 0.3 is 0 Å². The maximum atomic E-state index is 11.0. The van der Waals surface area contributed by atoms with Crippen molar-refractivity contribution >= 4 is 0 Å². The lowest BCUT2D eigenvalue weighted by Crippen LogP contribution is -2.23. The molecule has 0 spiro atoms. The van der Waals surface area contributed by atoms with Crippen LogP contribution in [0.1, 0.15) is 43.0 Å². The summed E-state index contributed by atoms with van der Waals surface area (Å²) in [6.45, 7) is 9.78. The molecule has 1 aromatic heterocycles. The highest BCUT2D eigenvalue weighted by atomic mass is 16.5. The predicted octanol–water partition coefficient (Wildman–Crippen LogP) is 3.74. The topological polar surface area (TPSA) is 42.4 Å². The van der Waals surface area contributed by atoms with Gasteiger partial charge < -0.3 is 9.84 Å². The van der Waals surface area contributed by atoms with E-state index in [4.69, 9.17) is 4.74 Å². The van der Waals surface area contributed by atoms with Gasteiger partial charge in [0.1, 0.15) is 11.4 Å². The van der Waals surface area contributed by atoms with Crippen LogP contribution < -0.4 is 4.74 Å². The van der Waals surface area contributed by atoms with Crippen molar-refractivity contribution in [2.24, 2.45) is 0 Å². The molecule has 0 aliphatic rings. The van der Waals surface area contributed by atoms with Gasteiger partial charge in [-0.3, -0.25) is 4.98 Å². The van der Waals surface area contributed by atoms with E-state index in [1.807, 2.05) is 45.9 Å². The van der Waals surface area contributed by atoms with Crippen molar-refractivity contribution in [1.29, 1.82) is 0 Å². The van der Waals surface area contributed by atoms with Crippen LogP contribution in [0.25, 0.3) is 0 Å². The lowest BCUT2D eigenvalue weighted by molar-refractivity contribution is 0.101. The Bertz CT molecular complexity index is 613. The van der Waals surface area contributed by atoms with Crippen molar-refractivity contribution in [2.45, 2.75) is 46.3 Å². The van der Waals surface area contributed by atoms with Crippen LogP contribution in [0, 0.1) is 13.8 Å². The number of ether oxygens (including phenoxy) is 1. The van der Waals surface area contributed by atoms with Crippen molar-refractivity contribution in [3.05, 3.63) is 58.9 Å². The average Bonchev–Trinajstić information content (AvgIpc) is 2.37. The van der Waals surface area contributed by atoms with Crippen LogP contribution in [-0.4, -0.2) is 16.2 Å². The number of benzene rings is 1. The minimum atomic E-state index is -1.10. The summed E-state index contributed by atoms with van der Waals surface area (Å²) in [6, 6.07) is 7.95. The van der Waals surface area contributed by atoms with Gasteiger partial charge in [-0.25, -0.2) is 0 Å². The van der Waals surface area contributed by atoms with Crippen molar-refractivity contribution in [3.8, 4) is 5.75 Å². The summed E-state index contributed by atoms with van der Waals surface area (Å²) in [6.07, 6.45) is 3.43. The Hall–Kier alpha value is -1.87. The Kier molecular flexibility index (Phi) is 4.33. The summed E-state index contributed by atoms with van der Waals surface area (Å²) in [5, 5.41) is 11.0. The van der Waals surface area contributed by atoms with Crippen molar-refractivity contribution in [1.82, 2.24) is 4.98 Å². The Morgan fingerprint density at radius 2 is 1.62 bits per heavy atom. The van der Waals surface area contributed by atoms with Gasteiger partial charge in [-0.15, -0.1) is 0 Å². The fraction of sp³-hybridized carbons (Fsp3) is 0.389. The van der Waals surface area contributed by atoms with E-state index in [9.17, 15) is 5.11 Å². The first-order chi connectivity index (χ1) is 9.79. The molecule has 112 valence electrons. The molecule has 0 bridgehead atoms. The van der Waals surface area contributed by atoms with E-state index in [-0.39, 0.29) is 6.10 Å². The van der Waals surface area contributed by atoms with Crippen LogP contribution in [0.4, 0.5) is 0 Å². The number of aliphatic hydroxyl groups is 1. The Labute approximate surface area is 126 Å². The zero-order valence-electron chi connectivity index (χ0n) is 13.3. The Morgan fingerprint density at radius 3 is 2.19 bits per heavy atom. The van der Waals surface area contributed by atoms with Gasteiger partial charge in [0.2, 0.25) is 0 Å². The van der Waals surface area contributed by atoms with Gasteiger partial charge in [0.25, 0.3) is 0 Å². The molecule has 1 aromatic carbocycles. The number of rotatable bonds is 4.